The van der Waals surface area contributed by atoms with Gasteiger partial charge in [-0.1, -0.05) is 0 Å². The Kier molecular flexibility index (Phi) is 55.1. The Balaban J connectivity index is -0.0000000150. The Morgan fingerprint density at radius 2 is 0.714 bits per heavy atom. The first-order valence-electron chi connectivity index (χ1n) is 0.707. The summed E-state index contributed by atoms with van der Waals surface area (Å²) >= 11 is 0. The molecule has 0 aliphatic heterocycles. The van der Waals surface area contributed by atoms with E-state index in [1.54, 1.807) is 0 Å². The van der Waals surface area contributed by atoms with E-state index in [-0.39, 0.29) is 154 Å². The van der Waals surface area contributed by atoms with Crippen LogP contribution in [0.2, 0.25) is 0 Å². The van der Waals surface area contributed by atoms with Gasteiger partial charge in [0.1, 0.15) is 0 Å². The summed E-state index contributed by atoms with van der Waals surface area (Å²) < 4.78 is 0. The predicted molar refractivity (Wildman–Crippen MR) is 3.79 cm³/mol. The number of hydrogen-bond acceptors (Lipinski definition) is 3. The van der Waals surface area contributed by atoms with Crippen molar-refractivity contribution in [3.63, 3.8) is 0 Å². The fourth-order valence-corrected chi connectivity index (χ4v) is 0. The van der Waals surface area contributed by atoms with Crippen molar-refractivity contribution >= 4 is 0 Å². The SMILES string of the molecule is [K+].[K+].[K+].[O-]C([O-])[O-]. The van der Waals surface area contributed by atoms with Crippen LogP contribution in [-0.4, -0.2) is 6.48 Å². The maximum atomic E-state index is 8.42. The molecule has 6 heteroatoms. The van der Waals surface area contributed by atoms with Gasteiger partial charge in [0.15, 0.2) is 0 Å². The van der Waals surface area contributed by atoms with Gasteiger partial charge in [0.2, 0.25) is 0 Å². The maximum Gasteiger partial charge on any atom is 1.00 e. The molecule has 0 fully saturated rings. The van der Waals surface area contributed by atoms with Gasteiger partial charge in [-0.3, -0.25) is 0 Å². The average Bonchev–Trinajstić information content (AvgIpc) is 0.811. The fraction of sp³-hybridized carbons (Fsp3) is 1.00. The van der Waals surface area contributed by atoms with Gasteiger partial charge in [-0.25, -0.2) is 0 Å². The normalized spacial score (nSPS) is 5.14. The van der Waals surface area contributed by atoms with Crippen LogP contribution in [0.4, 0.5) is 0 Å². The van der Waals surface area contributed by atoms with Crippen LogP contribution in [0.5, 0.6) is 0 Å². The molecule has 0 bridgehead atoms. The summed E-state index contributed by atoms with van der Waals surface area (Å²) in [6.45, 7) is -2.92. The second kappa shape index (κ2) is 17.0. The summed E-state index contributed by atoms with van der Waals surface area (Å²) in [6, 6.07) is 0. The van der Waals surface area contributed by atoms with Crippen LogP contribution < -0.4 is 169 Å². The molecule has 0 radical (unpaired) electrons. The van der Waals surface area contributed by atoms with E-state index in [1.165, 1.54) is 0 Å². The molecule has 26 valence electrons. The Bertz CT molecular complexity index is 14.9. The summed E-state index contributed by atoms with van der Waals surface area (Å²) in [4.78, 5) is 0. The summed E-state index contributed by atoms with van der Waals surface area (Å²) in [7, 11) is 0. The standard InChI is InChI=1S/CHO3.3K/c2-1(3)4;;;/h1H;;;/q-3;3*+1. The Morgan fingerprint density at radius 3 is 0.714 bits per heavy atom. The van der Waals surface area contributed by atoms with Crippen molar-refractivity contribution in [3.8, 4) is 0 Å². The zero-order valence-electron chi connectivity index (χ0n) is 4.80. The van der Waals surface area contributed by atoms with Crippen LogP contribution in [0, 0.1) is 0 Å². The minimum absolute atomic E-state index is 0. The van der Waals surface area contributed by atoms with E-state index in [0.717, 1.165) is 0 Å². The molecule has 0 N–H and O–H groups in total. The molecule has 0 saturated carbocycles. The Hall–Kier alpha value is 4.79. The third-order valence-corrected chi connectivity index (χ3v) is 0. The smallest absolute Gasteiger partial charge is 0.879 e. The molecule has 0 atom stereocenters. The van der Waals surface area contributed by atoms with Crippen molar-refractivity contribution in [1.82, 2.24) is 0 Å². The van der Waals surface area contributed by atoms with Gasteiger partial charge in [0, 0.05) is 0 Å². The van der Waals surface area contributed by atoms with Crippen molar-refractivity contribution < 1.29 is 169 Å². The summed E-state index contributed by atoms with van der Waals surface area (Å²) in [5.74, 6) is 0. The topological polar surface area (TPSA) is 69.2 Å². The van der Waals surface area contributed by atoms with Crippen LogP contribution in [-0.2, 0) is 0 Å². The van der Waals surface area contributed by atoms with E-state index < -0.39 is 6.48 Å². The van der Waals surface area contributed by atoms with E-state index in [2.05, 4.69) is 0 Å². The third kappa shape index (κ3) is 36.3. The van der Waals surface area contributed by atoms with Crippen LogP contribution in [0.25, 0.3) is 0 Å². The molecular formula is CHK3O3. The zero-order valence-corrected chi connectivity index (χ0v) is 14.2. The molecule has 0 saturated heterocycles. The Labute approximate surface area is 170 Å². The molecule has 0 aromatic heterocycles. The first kappa shape index (κ1) is 22.6. The first-order valence-corrected chi connectivity index (χ1v) is 0.707. The largest absolute Gasteiger partial charge is 1.00 e. The van der Waals surface area contributed by atoms with Crippen molar-refractivity contribution in [2.45, 2.75) is 6.48 Å². The van der Waals surface area contributed by atoms with Gasteiger partial charge < -0.3 is 21.8 Å². The quantitative estimate of drug-likeness (QED) is 0.273. The summed E-state index contributed by atoms with van der Waals surface area (Å²) in [6.07, 6.45) is 0. The monoisotopic (exact) mass is 178 g/mol. The van der Waals surface area contributed by atoms with Gasteiger partial charge in [-0.2, -0.15) is 0 Å². The van der Waals surface area contributed by atoms with Crippen molar-refractivity contribution in [3.05, 3.63) is 0 Å². The van der Waals surface area contributed by atoms with Gasteiger partial charge >= 0.3 is 154 Å². The van der Waals surface area contributed by atoms with E-state index in [4.69, 9.17) is 15.3 Å². The summed E-state index contributed by atoms with van der Waals surface area (Å²) in [5.41, 5.74) is 0. The third-order valence-electron chi connectivity index (χ3n) is 0. The second-order valence-corrected chi connectivity index (χ2v) is 0.289. The van der Waals surface area contributed by atoms with E-state index >= 15 is 0 Å². The minimum Gasteiger partial charge on any atom is -0.879 e. The first-order chi connectivity index (χ1) is 1.73. The van der Waals surface area contributed by atoms with Crippen molar-refractivity contribution in [1.29, 1.82) is 0 Å². The van der Waals surface area contributed by atoms with Gasteiger partial charge in [0.25, 0.3) is 0 Å². The van der Waals surface area contributed by atoms with Gasteiger partial charge in [0.05, 0.1) is 0 Å². The molecule has 0 amide bonds. The molecule has 0 unspecified atom stereocenters. The van der Waals surface area contributed by atoms with Gasteiger partial charge in [-0.05, 0) is 0 Å². The Morgan fingerprint density at radius 1 is 0.714 bits per heavy atom. The molecule has 3 nitrogen and oxygen atoms in total. The molecule has 0 aliphatic rings. The van der Waals surface area contributed by atoms with Crippen LogP contribution in [0.15, 0.2) is 0 Å². The molecule has 0 spiro atoms. The number of hydrogen-bond donors (Lipinski definition) is 0. The van der Waals surface area contributed by atoms with Crippen LogP contribution >= 0.6 is 0 Å². The second-order valence-electron chi connectivity index (χ2n) is 0.289. The molecule has 0 aromatic rings. The average molecular weight is 178 g/mol. The molecular weight excluding hydrogens is 177 g/mol. The van der Waals surface area contributed by atoms with Gasteiger partial charge in [-0.15, -0.1) is 0 Å². The summed E-state index contributed by atoms with van der Waals surface area (Å²) in [5, 5.41) is 25.2. The fourth-order valence-electron chi connectivity index (χ4n) is 0. The van der Waals surface area contributed by atoms with E-state index in [9.17, 15) is 0 Å². The number of rotatable bonds is 0. The molecule has 0 rings (SSSR count). The van der Waals surface area contributed by atoms with Crippen LogP contribution in [0.1, 0.15) is 0 Å². The zero-order chi connectivity index (χ0) is 3.58. The van der Waals surface area contributed by atoms with E-state index in [1.807, 2.05) is 0 Å². The molecule has 0 heterocycles. The predicted octanol–water partition coefficient (Wildman–Crippen LogP) is -12.6. The van der Waals surface area contributed by atoms with Crippen molar-refractivity contribution in [2.75, 3.05) is 0 Å². The minimum atomic E-state index is -2.92. The molecule has 0 aliphatic carbocycles. The van der Waals surface area contributed by atoms with E-state index in [0.29, 0.717) is 0 Å². The van der Waals surface area contributed by atoms with Crippen molar-refractivity contribution in [2.24, 2.45) is 0 Å². The molecule has 7 heavy (non-hydrogen) atoms. The van der Waals surface area contributed by atoms with Crippen LogP contribution in [0.3, 0.4) is 0 Å². The molecule has 0 aromatic carbocycles. The maximum absolute atomic E-state index is 8.42.